The van der Waals surface area contributed by atoms with Gasteiger partial charge in [-0.05, 0) is 37.3 Å². The number of carbonyl (C=O) groups is 1. The molecule has 2 nitrogen and oxygen atoms in total. The highest BCUT2D eigenvalue weighted by molar-refractivity contribution is 5.87. The minimum atomic E-state index is -0.276. The Hall–Kier alpha value is -1.83. The molecule has 0 fully saturated rings. The summed E-state index contributed by atoms with van der Waals surface area (Å²) in [5.74, 6) is 0.118. The maximum atomic E-state index is 11.5. The van der Waals surface area contributed by atoms with Crippen LogP contribution in [0.1, 0.15) is 32.3 Å². The van der Waals surface area contributed by atoms with Gasteiger partial charge >= 0.3 is 5.97 Å². The van der Waals surface area contributed by atoms with Crippen LogP contribution in [0.15, 0.2) is 48.6 Å². The zero-order valence-corrected chi connectivity index (χ0v) is 11.7. The predicted molar refractivity (Wildman–Crippen MR) is 79.6 cm³/mol. The van der Waals surface area contributed by atoms with Gasteiger partial charge in [0, 0.05) is 6.08 Å². The van der Waals surface area contributed by atoms with Crippen LogP contribution in [0.5, 0.6) is 0 Å². The van der Waals surface area contributed by atoms with Gasteiger partial charge in [-0.3, -0.25) is 0 Å². The molecule has 2 heteroatoms. The van der Waals surface area contributed by atoms with E-state index in [1.807, 2.05) is 43.3 Å². The lowest BCUT2D eigenvalue weighted by Crippen LogP contribution is -2.09. The molecule has 1 aromatic rings. The molecule has 1 aromatic carbocycles. The van der Waals surface area contributed by atoms with Gasteiger partial charge in [-0.25, -0.2) is 4.79 Å². The lowest BCUT2D eigenvalue weighted by molar-refractivity contribution is -0.138. The molecule has 0 heterocycles. The van der Waals surface area contributed by atoms with Crippen LogP contribution in [0.4, 0.5) is 0 Å². The number of ether oxygens (including phenoxy) is 1. The average molecular weight is 258 g/mol. The third kappa shape index (κ3) is 7.24. The molecule has 0 spiro atoms. The maximum Gasteiger partial charge on any atom is 0.330 e. The van der Waals surface area contributed by atoms with Gasteiger partial charge in [-0.2, -0.15) is 0 Å². The molecule has 0 saturated carbocycles. The topological polar surface area (TPSA) is 26.3 Å². The Bertz CT molecular complexity index is 418. The van der Waals surface area contributed by atoms with E-state index in [0.717, 1.165) is 18.4 Å². The van der Waals surface area contributed by atoms with Gasteiger partial charge in [-0.1, -0.05) is 49.4 Å². The van der Waals surface area contributed by atoms with E-state index in [1.54, 1.807) is 6.08 Å². The first-order valence-corrected chi connectivity index (χ1v) is 6.73. The van der Waals surface area contributed by atoms with Crippen molar-refractivity contribution >= 4 is 12.0 Å². The second-order valence-corrected chi connectivity index (χ2v) is 4.63. The van der Waals surface area contributed by atoms with Crippen molar-refractivity contribution in [1.82, 2.24) is 0 Å². The second-order valence-electron chi connectivity index (χ2n) is 4.63. The third-order valence-corrected chi connectivity index (χ3v) is 2.78. The minimum Gasteiger partial charge on any atom is -0.462 e. The van der Waals surface area contributed by atoms with E-state index in [1.165, 1.54) is 6.08 Å². The zero-order valence-electron chi connectivity index (χ0n) is 11.7. The molecule has 0 N–H and O–H groups in total. The number of hydrogen-bond donors (Lipinski definition) is 0. The Morgan fingerprint density at radius 1 is 1.32 bits per heavy atom. The van der Waals surface area contributed by atoms with Crippen LogP contribution in [-0.2, 0) is 9.53 Å². The van der Waals surface area contributed by atoms with E-state index in [0.29, 0.717) is 12.5 Å². The number of allylic oxidation sites excluding steroid dienone is 2. The number of esters is 1. The lowest BCUT2D eigenvalue weighted by Gasteiger charge is -2.09. The highest BCUT2D eigenvalue weighted by atomic mass is 16.5. The molecule has 0 aliphatic rings. The van der Waals surface area contributed by atoms with E-state index in [-0.39, 0.29) is 5.97 Å². The van der Waals surface area contributed by atoms with E-state index in [9.17, 15) is 4.79 Å². The summed E-state index contributed by atoms with van der Waals surface area (Å²) in [5, 5.41) is 0. The summed E-state index contributed by atoms with van der Waals surface area (Å²) in [4.78, 5) is 11.5. The molecule has 1 rings (SSSR count). The molecule has 102 valence electrons. The van der Waals surface area contributed by atoms with Crippen LogP contribution < -0.4 is 0 Å². The number of rotatable bonds is 7. The Morgan fingerprint density at radius 3 is 2.74 bits per heavy atom. The smallest absolute Gasteiger partial charge is 0.330 e. The fraction of sp³-hybridized carbons (Fsp3) is 0.353. The van der Waals surface area contributed by atoms with Crippen LogP contribution >= 0.6 is 0 Å². The quantitative estimate of drug-likeness (QED) is 0.415. The first-order valence-electron chi connectivity index (χ1n) is 6.73. The molecule has 0 amide bonds. The summed E-state index contributed by atoms with van der Waals surface area (Å²) in [6, 6.07) is 9.72. The molecule has 0 aliphatic carbocycles. The molecule has 0 saturated heterocycles. The fourth-order valence-corrected chi connectivity index (χ4v) is 1.63. The third-order valence-electron chi connectivity index (χ3n) is 2.78. The van der Waals surface area contributed by atoms with E-state index in [4.69, 9.17) is 4.74 Å². The van der Waals surface area contributed by atoms with Crippen LogP contribution in [0.25, 0.3) is 6.08 Å². The number of benzene rings is 1. The predicted octanol–water partition coefficient (Wildman–Crippen LogP) is 4.24. The molecule has 0 aliphatic heterocycles. The second kappa shape index (κ2) is 9.15. The molecule has 1 unspecified atom stereocenters. The largest absolute Gasteiger partial charge is 0.462 e. The van der Waals surface area contributed by atoms with Crippen molar-refractivity contribution in [3.05, 3.63) is 54.1 Å². The van der Waals surface area contributed by atoms with E-state index >= 15 is 0 Å². The van der Waals surface area contributed by atoms with Gasteiger partial charge in [0.1, 0.15) is 0 Å². The zero-order chi connectivity index (χ0) is 13.9. The van der Waals surface area contributed by atoms with Crippen molar-refractivity contribution in [2.75, 3.05) is 6.61 Å². The van der Waals surface area contributed by atoms with Gasteiger partial charge in [-0.15, -0.1) is 0 Å². The van der Waals surface area contributed by atoms with E-state index in [2.05, 4.69) is 13.0 Å². The van der Waals surface area contributed by atoms with Gasteiger partial charge in [0.25, 0.3) is 0 Å². The van der Waals surface area contributed by atoms with Crippen molar-refractivity contribution in [3.63, 3.8) is 0 Å². The summed E-state index contributed by atoms with van der Waals surface area (Å²) >= 11 is 0. The van der Waals surface area contributed by atoms with Crippen molar-refractivity contribution < 1.29 is 9.53 Å². The first-order chi connectivity index (χ1) is 9.22. The van der Waals surface area contributed by atoms with Crippen LogP contribution in [0.3, 0.4) is 0 Å². The van der Waals surface area contributed by atoms with Gasteiger partial charge in [0.2, 0.25) is 0 Å². The monoisotopic (exact) mass is 258 g/mol. The highest BCUT2D eigenvalue weighted by Crippen LogP contribution is 2.07. The van der Waals surface area contributed by atoms with Crippen molar-refractivity contribution in [2.24, 2.45) is 5.92 Å². The maximum absolute atomic E-state index is 11.5. The summed E-state index contributed by atoms with van der Waals surface area (Å²) in [6.07, 6.45) is 9.50. The SMILES string of the molecule is CC=CCCC(C)COC(=O)/C=C/c1ccccc1. The molecule has 1 atom stereocenters. The van der Waals surface area contributed by atoms with Crippen LogP contribution in [0, 0.1) is 5.92 Å². The molecule has 0 bridgehead atoms. The van der Waals surface area contributed by atoms with Crippen LogP contribution in [0.2, 0.25) is 0 Å². The Balaban J connectivity index is 2.26. The van der Waals surface area contributed by atoms with Crippen LogP contribution in [-0.4, -0.2) is 12.6 Å². The van der Waals surface area contributed by atoms with Gasteiger partial charge in [0.05, 0.1) is 6.61 Å². The lowest BCUT2D eigenvalue weighted by atomic mass is 10.1. The Kier molecular flexibility index (Phi) is 7.33. The molecular weight excluding hydrogens is 236 g/mol. The molecular formula is C17H22O2. The Morgan fingerprint density at radius 2 is 2.05 bits per heavy atom. The number of carbonyl (C=O) groups excluding carboxylic acids is 1. The minimum absolute atomic E-state index is 0.276. The fourth-order valence-electron chi connectivity index (χ4n) is 1.63. The van der Waals surface area contributed by atoms with Crippen molar-refractivity contribution in [1.29, 1.82) is 0 Å². The Labute approximate surface area is 115 Å². The van der Waals surface area contributed by atoms with E-state index < -0.39 is 0 Å². The first kappa shape index (κ1) is 15.2. The van der Waals surface area contributed by atoms with Crippen molar-refractivity contribution in [3.8, 4) is 0 Å². The van der Waals surface area contributed by atoms with Gasteiger partial charge in [0.15, 0.2) is 0 Å². The molecule has 19 heavy (non-hydrogen) atoms. The normalized spacial score (nSPS) is 12.9. The van der Waals surface area contributed by atoms with Crippen molar-refractivity contribution in [2.45, 2.75) is 26.7 Å². The summed E-state index contributed by atoms with van der Waals surface area (Å²) in [5.41, 5.74) is 1.00. The summed E-state index contributed by atoms with van der Waals surface area (Å²) < 4.78 is 5.21. The summed E-state index contributed by atoms with van der Waals surface area (Å²) in [7, 11) is 0. The average Bonchev–Trinajstić information content (AvgIpc) is 2.44. The summed E-state index contributed by atoms with van der Waals surface area (Å²) in [6.45, 7) is 4.59. The molecule has 0 aromatic heterocycles. The molecule has 0 radical (unpaired) electrons. The standard InChI is InChI=1S/C17H22O2/c1-3-4-6-9-15(2)14-19-17(18)13-12-16-10-7-5-8-11-16/h3-5,7-8,10-13,15H,6,9,14H2,1-2H3/b4-3?,13-12+. The number of hydrogen-bond acceptors (Lipinski definition) is 2. The highest BCUT2D eigenvalue weighted by Gasteiger charge is 2.04. The van der Waals surface area contributed by atoms with Gasteiger partial charge < -0.3 is 4.74 Å².